The van der Waals surface area contributed by atoms with Gasteiger partial charge in [0.25, 0.3) is 5.91 Å². The van der Waals surface area contributed by atoms with Crippen LogP contribution < -0.4 is 10.6 Å². The van der Waals surface area contributed by atoms with E-state index in [4.69, 9.17) is 16.3 Å². The normalized spacial score (nSPS) is 21.3. The number of anilines is 1. The fourth-order valence-electron chi connectivity index (χ4n) is 2.25. The van der Waals surface area contributed by atoms with Crippen LogP contribution in [0.4, 0.5) is 5.69 Å². The van der Waals surface area contributed by atoms with E-state index in [1.165, 1.54) is 4.90 Å². The fraction of sp³-hybridized carbons (Fsp3) is 0.467. The minimum atomic E-state index is -0.407. The number of rotatable bonds is 3. The van der Waals surface area contributed by atoms with Gasteiger partial charge in [-0.1, -0.05) is 11.6 Å². The Balaban J connectivity index is 2.09. The lowest BCUT2D eigenvalue weighted by Crippen LogP contribution is -2.53. The van der Waals surface area contributed by atoms with Gasteiger partial charge in [-0.3, -0.25) is 9.59 Å². The predicted molar refractivity (Wildman–Crippen MR) is 85.3 cm³/mol. The summed E-state index contributed by atoms with van der Waals surface area (Å²) in [5.74, 6) is -0.367. The first kappa shape index (κ1) is 16.7. The topological polar surface area (TPSA) is 70.7 Å². The average Bonchev–Trinajstić information content (AvgIpc) is 2.47. The molecule has 0 bridgehead atoms. The molecule has 0 aromatic heterocycles. The summed E-state index contributed by atoms with van der Waals surface area (Å²) in [6.45, 7) is 3.08. The van der Waals surface area contributed by atoms with Gasteiger partial charge < -0.3 is 20.3 Å². The molecule has 22 heavy (non-hydrogen) atoms. The van der Waals surface area contributed by atoms with Crippen molar-refractivity contribution in [2.75, 3.05) is 32.6 Å². The van der Waals surface area contributed by atoms with E-state index in [1.54, 1.807) is 32.3 Å². The Labute approximate surface area is 134 Å². The second-order valence-corrected chi connectivity index (χ2v) is 5.80. The zero-order chi connectivity index (χ0) is 16.3. The minimum Gasteiger partial charge on any atom is -0.375 e. The molecule has 2 N–H and O–H groups in total. The smallest absolute Gasteiger partial charge is 0.254 e. The molecule has 120 valence electrons. The third-order valence-corrected chi connectivity index (χ3v) is 3.78. The Hall–Kier alpha value is -1.63. The monoisotopic (exact) mass is 325 g/mol. The number of nitrogens with one attached hydrogen (secondary N) is 2. The van der Waals surface area contributed by atoms with Gasteiger partial charge in [-0.25, -0.2) is 0 Å². The summed E-state index contributed by atoms with van der Waals surface area (Å²) in [6, 6.07) is 4.43. The first-order valence-electron chi connectivity index (χ1n) is 7.07. The van der Waals surface area contributed by atoms with Gasteiger partial charge in [0.15, 0.2) is 0 Å². The van der Waals surface area contributed by atoms with Crippen molar-refractivity contribution in [3.63, 3.8) is 0 Å². The number of ether oxygens (including phenoxy) is 1. The Bertz CT molecular complexity index is 577. The second kappa shape index (κ2) is 7.09. The highest BCUT2D eigenvalue weighted by atomic mass is 35.5. The van der Waals surface area contributed by atoms with Crippen LogP contribution in [0.25, 0.3) is 0 Å². The van der Waals surface area contributed by atoms with E-state index in [9.17, 15) is 9.59 Å². The van der Waals surface area contributed by atoms with Crippen molar-refractivity contribution < 1.29 is 14.3 Å². The summed E-state index contributed by atoms with van der Waals surface area (Å²) >= 11 is 6.13. The van der Waals surface area contributed by atoms with Crippen LogP contribution in [-0.4, -0.2) is 56.1 Å². The Morgan fingerprint density at radius 3 is 2.73 bits per heavy atom. The molecule has 6 nitrogen and oxygen atoms in total. The number of hydrogen-bond donors (Lipinski definition) is 2. The molecule has 2 amide bonds. The molecule has 1 heterocycles. The Morgan fingerprint density at radius 2 is 2.14 bits per heavy atom. The summed E-state index contributed by atoms with van der Waals surface area (Å²) in [6.07, 6.45) is -0.196. The zero-order valence-electron chi connectivity index (χ0n) is 12.9. The summed E-state index contributed by atoms with van der Waals surface area (Å²) < 4.78 is 5.45. The van der Waals surface area contributed by atoms with Gasteiger partial charge in [-0.15, -0.1) is 0 Å². The second-order valence-electron chi connectivity index (χ2n) is 5.39. The molecule has 2 atom stereocenters. The maximum Gasteiger partial charge on any atom is 0.254 e. The number of hydrogen-bond acceptors (Lipinski definition) is 4. The van der Waals surface area contributed by atoms with Crippen LogP contribution in [0.15, 0.2) is 18.2 Å². The highest BCUT2D eigenvalue weighted by molar-refractivity contribution is 6.34. The molecule has 1 aromatic carbocycles. The van der Waals surface area contributed by atoms with Crippen LogP contribution in [0.2, 0.25) is 5.02 Å². The molecule has 0 unspecified atom stereocenters. The first-order valence-corrected chi connectivity index (χ1v) is 7.45. The van der Waals surface area contributed by atoms with Gasteiger partial charge in [0.2, 0.25) is 5.91 Å². The highest BCUT2D eigenvalue weighted by Crippen LogP contribution is 2.22. The molecule has 1 aromatic rings. The fourth-order valence-corrected chi connectivity index (χ4v) is 2.52. The summed E-state index contributed by atoms with van der Waals surface area (Å²) in [7, 11) is 3.31. The maximum absolute atomic E-state index is 12.2. The van der Waals surface area contributed by atoms with Crippen LogP contribution in [-0.2, 0) is 9.53 Å². The van der Waals surface area contributed by atoms with Crippen molar-refractivity contribution in [1.82, 2.24) is 10.2 Å². The van der Waals surface area contributed by atoms with E-state index in [2.05, 4.69) is 10.6 Å². The van der Waals surface area contributed by atoms with E-state index in [-0.39, 0.29) is 17.9 Å². The summed E-state index contributed by atoms with van der Waals surface area (Å²) in [4.78, 5) is 25.6. The van der Waals surface area contributed by atoms with Crippen molar-refractivity contribution >= 4 is 29.1 Å². The number of nitrogens with zero attached hydrogens (tertiary/aromatic N) is 1. The molecular formula is C15H20ClN3O3. The van der Waals surface area contributed by atoms with Gasteiger partial charge in [-0.05, 0) is 25.1 Å². The zero-order valence-corrected chi connectivity index (χ0v) is 13.6. The van der Waals surface area contributed by atoms with Crippen LogP contribution in [0.5, 0.6) is 0 Å². The lowest BCUT2D eigenvalue weighted by atomic mass is 10.1. The molecule has 7 heteroatoms. The third kappa shape index (κ3) is 3.76. The van der Waals surface area contributed by atoms with Gasteiger partial charge in [0.1, 0.15) is 6.04 Å². The van der Waals surface area contributed by atoms with Crippen molar-refractivity contribution in [2.24, 2.45) is 0 Å². The maximum atomic E-state index is 12.2. The van der Waals surface area contributed by atoms with Crippen molar-refractivity contribution in [3.05, 3.63) is 28.8 Å². The number of halogens is 1. The molecule has 1 aliphatic heterocycles. The molecular weight excluding hydrogens is 306 g/mol. The standard InChI is InChI=1S/C15H20ClN3O3/c1-9-13(17-6-7-22-9)14(20)18-10-4-5-11(12(16)8-10)15(21)19(2)3/h4-5,8-9,13,17H,6-7H2,1-3H3,(H,18,20)/t9-,13+/m1/s1. The van der Waals surface area contributed by atoms with E-state index >= 15 is 0 Å². The summed E-state index contributed by atoms with van der Waals surface area (Å²) in [5.41, 5.74) is 0.946. The van der Waals surface area contributed by atoms with Gasteiger partial charge in [0.05, 0.1) is 23.3 Å². The largest absolute Gasteiger partial charge is 0.375 e. The highest BCUT2D eigenvalue weighted by Gasteiger charge is 2.28. The third-order valence-electron chi connectivity index (χ3n) is 3.47. The van der Waals surface area contributed by atoms with E-state index in [1.807, 2.05) is 6.92 Å². The predicted octanol–water partition coefficient (Wildman–Crippen LogP) is 1.36. The number of carbonyl (C=O) groups excluding carboxylic acids is 2. The molecule has 2 rings (SSSR count). The molecule has 0 radical (unpaired) electrons. The van der Waals surface area contributed by atoms with Crippen molar-refractivity contribution in [3.8, 4) is 0 Å². The van der Waals surface area contributed by atoms with Crippen LogP contribution >= 0.6 is 11.6 Å². The van der Waals surface area contributed by atoms with E-state index in [0.717, 1.165) is 0 Å². The molecule has 0 spiro atoms. The average molecular weight is 326 g/mol. The SMILES string of the molecule is C[C@H]1OCCN[C@@H]1C(=O)Nc1ccc(C(=O)N(C)C)c(Cl)c1. The Morgan fingerprint density at radius 1 is 1.41 bits per heavy atom. The molecule has 1 aliphatic rings. The number of amides is 2. The van der Waals surface area contributed by atoms with Gasteiger partial charge in [0, 0.05) is 26.3 Å². The lowest BCUT2D eigenvalue weighted by Gasteiger charge is -2.29. The van der Waals surface area contributed by atoms with Crippen molar-refractivity contribution in [2.45, 2.75) is 19.1 Å². The summed E-state index contributed by atoms with van der Waals surface area (Å²) in [5, 5.41) is 6.21. The quantitative estimate of drug-likeness (QED) is 0.880. The first-order chi connectivity index (χ1) is 10.4. The van der Waals surface area contributed by atoms with Crippen LogP contribution in [0, 0.1) is 0 Å². The number of benzene rings is 1. The van der Waals surface area contributed by atoms with Crippen LogP contribution in [0.3, 0.4) is 0 Å². The van der Waals surface area contributed by atoms with Gasteiger partial charge in [-0.2, -0.15) is 0 Å². The lowest BCUT2D eigenvalue weighted by molar-refractivity contribution is -0.123. The molecule has 1 saturated heterocycles. The number of carbonyl (C=O) groups is 2. The van der Waals surface area contributed by atoms with Gasteiger partial charge >= 0.3 is 0 Å². The van der Waals surface area contributed by atoms with E-state index in [0.29, 0.717) is 29.4 Å². The molecule has 0 saturated carbocycles. The molecule has 0 aliphatic carbocycles. The number of morpholine rings is 1. The Kier molecular flexibility index (Phi) is 5.39. The van der Waals surface area contributed by atoms with Crippen molar-refractivity contribution in [1.29, 1.82) is 0 Å². The minimum absolute atomic E-state index is 0.182. The van der Waals surface area contributed by atoms with E-state index < -0.39 is 6.04 Å². The molecule has 1 fully saturated rings. The van der Waals surface area contributed by atoms with Crippen LogP contribution in [0.1, 0.15) is 17.3 Å².